The van der Waals surface area contributed by atoms with Crippen LogP contribution in [-0.4, -0.2) is 0 Å². The number of hydrogen-bond acceptors (Lipinski definition) is 1. The van der Waals surface area contributed by atoms with E-state index < -0.39 is 11.7 Å². The van der Waals surface area contributed by atoms with Crippen LogP contribution in [0.4, 0.5) is 18.9 Å². The molecule has 0 aliphatic rings. The molecule has 0 fully saturated rings. The van der Waals surface area contributed by atoms with Crippen LogP contribution in [0.1, 0.15) is 23.6 Å². The van der Waals surface area contributed by atoms with Gasteiger partial charge in [0, 0.05) is 5.69 Å². The normalized spacial score (nSPS) is 12.7. The fourth-order valence-corrected chi connectivity index (χ4v) is 2.08. The van der Waals surface area contributed by atoms with Gasteiger partial charge in [-0.15, -0.1) is 6.58 Å². The van der Waals surface area contributed by atoms with Gasteiger partial charge in [-0.2, -0.15) is 13.2 Å². The summed E-state index contributed by atoms with van der Waals surface area (Å²) >= 11 is 0. The Morgan fingerprint density at radius 3 is 2.14 bits per heavy atom. The van der Waals surface area contributed by atoms with Crippen LogP contribution in [0, 0.1) is 0 Å². The first-order valence-corrected chi connectivity index (χ1v) is 6.60. The molecule has 0 saturated heterocycles. The number of halogens is 3. The van der Waals surface area contributed by atoms with Crippen molar-refractivity contribution < 1.29 is 13.2 Å². The van der Waals surface area contributed by atoms with E-state index in [0.29, 0.717) is 6.42 Å². The number of hydrogen-bond donors (Lipinski definition) is 1. The maximum atomic E-state index is 12.6. The highest BCUT2D eigenvalue weighted by Crippen LogP contribution is 2.31. The Labute approximate surface area is 122 Å². The third-order valence-electron chi connectivity index (χ3n) is 3.16. The maximum absolute atomic E-state index is 12.6. The molecule has 0 heterocycles. The van der Waals surface area contributed by atoms with E-state index >= 15 is 0 Å². The van der Waals surface area contributed by atoms with E-state index in [-0.39, 0.29) is 6.04 Å². The molecule has 1 nitrogen and oxygen atoms in total. The molecule has 0 spiro atoms. The van der Waals surface area contributed by atoms with Crippen LogP contribution < -0.4 is 5.32 Å². The Bertz CT molecular complexity index is 573. The molecule has 0 bridgehead atoms. The smallest absolute Gasteiger partial charge is 0.378 e. The highest BCUT2D eigenvalue weighted by atomic mass is 19.4. The second-order valence-corrected chi connectivity index (χ2v) is 4.71. The number of rotatable bonds is 5. The molecule has 0 aliphatic heterocycles. The average molecular weight is 291 g/mol. The number of benzene rings is 2. The number of nitrogens with one attached hydrogen (secondary N) is 1. The Kier molecular flexibility index (Phi) is 4.68. The Hall–Kier alpha value is -2.23. The first kappa shape index (κ1) is 15.2. The monoisotopic (exact) mass is 291 g/mol. The van der Waals surface area contributed by atoms with Gasteiger partial charge in [-0.05, 0) is 36.2 Å². The summed E-state index contributed by atoms with van der Waals surface area (Å²) in [5.41, 5.74) is 1.08. The molecule has 21 heavy (non-hydrogen) atoms. The van der Waals surface area contributed by atoms with Crippen LogP contribution in [0.3, 0.4) is 0 Å². The number of para-hydroxylation sites is 1. The molecule has 4 heteroatoms. The number of anilines is 1. The summed E-state index contributed by atoms with van der Waals surface area (Å²) in [5, 5.41) is 3.30. The molecule has 2 aromatic carbocycles. The van der Waals surface area contributed by atoms with Gasteiger partial charge in [0.1, 0.15) is 0 Å². The van der Waals surface area contributed by atoms with E-state index in [1.807, 2.05) is 30.3 Å². The van der Waals surface area contributed by atoms with Crippen molar-refractivity contribution in [1.29, 1.82) is 0 Å². The third-order valence-corrected chi connectivity index (χ3v) is 3.16. The van der Waals surface area contributed by atoms with Crippen LogP contribution in [-0.2, 0) is 6.18 Å². The zero-order valence-corrected chi connectivity index (χ0v) is 11.4. The fourth-order valence-electron chi connectivity index (χ4n) is 2.08. The van der Waals surface area contributed by atoms with Gasteiger partial charge >= 0.3 is 6.18 Å². The molecule has 1 N–H and O–H groups in total. The lowest BCUT2D eigenvalue weighted by Gasteiger charge is -2.19. The Balaban J connectivity index is 2.20. The number of alkyl halides is 3. The summed E-state index contributed by atoms with van der Waals surface area (Å²) in [6, 6.07) is 14.7. The molecule has 0 saturated carbocycles. The molecular formula is C17H16F3N. The second-order valence-electron chi connectivity index (χ2n) is 4.71. The molecular weight excluding hydrogens is 275 g/mol. The topological polar surface area (TPSA) is 12.0 Å². The molecule has 0 radical (unpaired) electrons. The van der Waals surface area contributed by atoms with Gasteiger partial charge in [0.2, 0.25) is 0 Å². The van der Waals surface area contributed by atoms with Crippen molar-refractivity contribution in [3.63, 3.8) is 0 Å². The largest absolute Gasteiger partial charge is 0.416 e. The van der Waals surface area contributed by atoms with Crippen molar-refractivity contribution in [3.05, 3.63) is 78.4 Å². The quantitative estimate of drug-likeness (QED) is 0.724. The SMILES string of the molecule is C=CCC(Nc1ccccc1)c1ccc(C(F)(F)F)cc1. The molecule has 0 amide bonds. The van der Waals surface area contributed by atoms with Crippen LogP contribution in [0.15, 0.2) is 67.3 Å². The Morgan fingerprint density at radius 2 is 1.62 bits per heavy atom. The van der Waals surface area contributed by atoms with E-state index in [1.165, 1.54) is 12.1 Å². The van der Waals surface area contributed by atoms with E-state index in [9.17, 15) is 13.2 Å². The van der Waals surface area contributed by atoms with Crippen molar-refractivity contribution >= 4 is 5.69 Å². The molecule has 1 unspecified atom stereocenters. The van der Waals surface area contributed by atoms with E-state index in [1.54, 1.807) is 6.08 Å². The standard InChI is InChI=1S/C17H16F3N/c1-2-6-16(21-15-7-4-3-5-8-15)13-9-11-14(12-10-13)17(18,19)20/h2-5,7-12,16,21H,1,6H2. The molecule has 2 aromatic rings. The van der Waals surface area contributed by atoms with Gasteiger partial charge in [0.15, 0.2) is 0 Å². The van der Waals surface area contributed by atoms with Crippen molar-refractivity contribution in [2.24, 2.45) is 0 Å². The molecule has 110 valence electrons. The van der Waals surface area contributed by atoms with Gasteiger partial charge in [-0.3, -0.25) is 0 Å². The summed E-state index contributed by atoms with van der Waals surface area (Å²) in [6.45, 7) is 3.70. The fraction of sp³-hybridized carbons (Fsp3) is 0.176. The zero-order valence-electron chi connectivity index (χ0n) is 11.4. The van der Waals surface area contributed by atoms with Gasteiger partial charge in [0.25, 0.3) is 0 Å². The van der Waals surface area contributed by atoms with Crippen molar-refractivity contribution in [3.8, 4) is 0 Å². The van der Waals surface area contributed by atoms with E-state index in [2.05, 4.69) is 11.9 Å². The highest BCUT2D eigenvalue weighted by Gasteiger charge is 2.30. The van der Waals surface area contributed by atoms with Crippen LogP contribution in [0.2, 0.25) is 0 Å². The van der Waals surface area contributed by atoms with Gasteiger partial charge in [-0.25, -0.2) is 0 Å². The average Bonchev–Trinajstić information content (AvgIpc) is 2.47. The summed E-state index contributed by atoms with van der Waals surface area (Å²) in [7, 11) is 0. The minimum absolute atomic E-state index is 0.104. The van der Waals surface area contributed by atoms with Crippen molar-refractivity contribution in [2.45, 2.75) is 18.6 Å². The summed E-state index contributed by atoms with van der Waals surface area (Å²) in [5.74, 6) is 0. The zero-order chi connectivity index (χ0) is 15.3. The van der Waals surface area contributed by atoms with E-state index in [4.69, 9.17) is 0 Å². The first-order valence-electron chi connectivity index (χ1n) is 6.60. The predicted molar refractivity (Wildman–Crippen MR) is 79.1 cm³/mol. The predicted octanol–water partition coefficient (Wildman–Crippen LogP) is 5.43. The minimum Gasteiger partial charge on any atom is -0.378 e. The molecule has 1 atom stereocenters. The lowest BCUT2D eigenvalue weighted by molar-refractivity contribution is -0.137. The van der Waals surface area contributed by atoms with Crippen molar-refractivity contribution in [2.75, 3.05) is 5.32 Å². The van der Waals surface area contributed by atoms with Crippen molar-refractivity contribution in [1.82, 2.24) is 0 Å². The highest BCUT2D eigenvalue weighted by molar-refractivity contribution is 5.45. The van der Waals surface area contributed by atoms with Crippen LogP contribution in [0.5, 0.6) is 0 Å². The van der Waals surface area contributed by atoms with Crippen LogP contribution >= 0.6 is 0 Å². The summed E-state index contributed by atoms with van der Waals surface area (Å²) < 4.78 is 37.8. The van der Waals surface area contributed by atoms with Gasteiger partial charge in [0.05, 0.1) is 11.6 Å². The Morgan fingerprint density at radius 1 is 1.00 bits per heavy atom. The first-order chi connectivity index (χ1) is 10.0. The summed E-state index contributed by atoms with van der Waals surface area (Å²) in [6.07, 6.45) is -1.93. The van der Waals surface area contributed by atoms with Crippen LogP contribution in [0.25, 0.3) is 0 Å². The lowest BCUT2D eigenvalue weighted by atomic mass is 10.0. The van der Waals surface area contributed by atoms with Gasteiger partial charge < -0.3 is 5.32 Å². The molecule has 0 aromatic heterocycles. The minimum atomic E-state index is -4.31. The maximum Gasteiger partial charge on any atom is 0.416 e. The third kappa shape index (κ3) is 4.12. The molecule has 2 rings (SSSR count). The van der Waals surface area contributed by atoms with E-state index in [0.717, 1.165) is 23.4 Å². The second kappa shape index (κ2) is 6.48. The summed E-state index contributed by atoms with van der Waals surface area (Å²) in [4.78, 5) is 0. The molecule has 0 aliphatic carbocycles. The van der Waals surface area contributed by atoms with Gasteiger partial charge in [-0.1, -0.05) is 36.4 Å². The lowest BCUT2D eigenvalue weighted by Crippen LogP contribution is -2.11.